The number of hydrogen-bond donors (Lipinski definition) is 1. The fourth-order valence-electron chi connectivity index (χ4n) is 10.1. The number of anilines is 1. The topological polar surface area (TPSA) is 40.5 Å². The maximum absolute atomic E-state index is 13.1. The summed E-state index contributed by atoms with van der Waals surface area (Å²) in [6, 6.07) is 6.34. The van der Waals surface area contributed by atoms with Crippen molar-refractivity contribution in [3.63, 3.8) is 0 Å². The molecule has 1 aliphatic heterocycles. The number of nitrogens with zero attached hydrogens (tertiary/aromatic N) is 1. The highest BCUT2D eigenvalue weighted by Crippen LogP contribution is 2.67. The molecular formula is C31H44BrNO2. The third-order valence-corrected chi connectivity index (χ3v) is 12.5. The van der Waals surface area contributed by atoms with E-state index in [1.807, 2.05) is 4.90 Å². The van der Waals surface area contributed by atoms with Gasteiger partial charge in [-0.25, -0.2) is 0 Å². The zero-order valence-corrected chi connectivity index (χ0v) is 23.4. The van der Waals surface area contributed by atoms with Crippen LogP contribution in [0.4, 0.5) is 5.69 Å². The number of aliphatic hydroxyl groups excluding tert-OH is 1. The summed E-state index contributed by atoms with van der Waals surface area (Å²) in [6.45, 7) is 5.98. The van der Waals surface area contributed by atoms with E-state index in [1.54, 1.807) is 0 Å². The first kappa shape index (κ1) is 24.5. The van der Waals surface area contributed by atoms with Gasteiger partial charge < -0.3 is 10.0 Å². The van der Waals surface area contributed by atoms with Crippen molar-refractivity contribution in [2.24, 2.45) is 40.4 Å². The van der Waals surface area contributed by atoms with Crippen molar-refractivity contribution in [1.29, 1.82) is 0 Å². The van der Waals surface area contributed by atoms with E-state index in [0.717, 1.165) is 47.8 Å². The molecule has 0 spiro atoms. The van der Waals surface area contributed by atoms with E-state index in [1.165, 1.54) is 63.4 Å². The summed E-state index contributed by atoms with van der Waals surface area (Å²) in [5.74, 6) is 3.68. The maximum atomic E-state index is 13.1. The van der Waals surface area contributed by atoms with Crippen LogP contribution in [0.5, 0.6) is 0 Å². The summed E-state index contributed by atoms with van der Waals surface area (Å²) in [4.78, 5) is 15.2. The van der Waals surface area contributed by atoms with E-state index >= 15 is 0 Å². The third kappa shape index (κ3) is 3.95. The lowest BCUT2D eigenvalue weighted by Crippen LogP contribution is -2.57. The number of carbonyl (C=O) groups is 1. The smallest absolute Gasteiger partial charge is 0.226 e. The van der Waals surface area contributed by atoms with Crippen LogP contribution >= 0.6 is 15.9 Å². The van der Waals surface area contributed by atoms with Gasteiger partial charge in [0.2, 0.25) is 5.91 Å². The Labute approximate surface area is 220 Å². The van der Waals surface area contributed by atoms with E-state index < -0.39 is 0 Å². The number of benzene rings is 1. The molecular weight excluding hydrogens is 498 g/mol. The Morgan fingerprint density at radius 2 is 1.91 bits per heavy atom. The molecule has 1 aromatic carbocycles. The number of aliphatic hydroxyl groups is 1. The first-order chi connectivity index (χ1) is 16.8. The zero-order chi connectivity index (χ0) is 24.4. The minimum Gasteiger partial charge on any atom is -0.393 e. The Morgan fingerprint density at radius 3 is 2.77 bits per heavy atom. The van der Waals surface area contributed by atoms with Gasteiger partial charge >= 0.3 is 0 Å². The second kappa shape index (κ2) is 9.15. The maximum Gasteiger partial charge on any atom is 0.226 e. The summed E-state index contributed by atoms with van der Waals surface area (Å²) in [5, 5.41) is 11.4. The van der Waals surface area contributed by atoms with Gasteiger partial charge in [-0.05, 0) is 122 Å². The second-order valence-electron chi connectivity index (χ2n) is 13.3. The molecule has 8 atom stereocenters. The summed E-state index contributed by atoms with van der Waals surface area (Å²) in [6.07, 6.45) is 15.5. The number of rotatable bonds is 4. The zero-order valence-electron chi connectivity index (χ0n) is 21.8. The van der Waals surface area contributed by atoms with Gasteiger partial charge in [0.15, 0.2) is 0 Å². The molecule has 5 aliphatic rings. The summed E-state index contributed by atoms with van der Waals surface area (Å²) < 4.78 is 1.05. The van der Waals surface area contributed by atoms with Crippen LogP contribution in [0.2, 0.25) is 0 Å². The molecule has 192 valence electrons. The molecule has 1 aromatic rings. The first-order valence-electron chi connectivity index (χ1n) is 14.6. The molecule has 0 radical (unpaired) electrons. The van der Waals surface area contributed by atoms with Crippen molar-refractivity contribution >= 4 is 27.5 Å². The van der Waals surface area contributed by atoms with Crippen LogP contribution in [0.15, 0.2) is 22.7 Å². The van der Waals surface area contributed by atoms with Crippen LogP contribution in [0.1, 0.15) is 96.5 Å². The van der Waals surface area contributed by atoms with Gasteiger partial charge in [-0.3, -0.25) is 4.79 Å². The fraction of sp³-hybridized carbons (Fsp3) is 0.774. The van der Waals surface area contributed by atoms with E-state index in [4.69, 9.17) is 0 Å². The van der Waals surface area contributed by atoms with Crippen LogP contribution in [0, 0.1) is 40.4 Å². The normalized spacial score (nSPS) is 42.2. The Morgan fingerprint density at radius 1 is 1.09 bits per heavy atom. The van der Waals surface area contributed by atoms with E-state index in [-0.39, 0.29) is 6.10 Å². The molecule has 1 heterocycles. The van der Waals surface area contributed by atoms with Crippen molar-refractivity contribution in [3.8, 4) is 0 Å². The summed E-state index contributed by atoms with van der Waals surface area (Å²) in [7, 11) is 0. The monoisotopic (exact) mass is 541 g/mol. The van der Waals surface area contributed by atoms with Gasteiger partial charge in [0.25, 0.3) is 0 Å². The standard InChI is InChI=1S/C31H44BrNO2/c1-30-15-4-3-6-22(30)18-27(34)29-24-12-10-21(31(24,2)16-13-25(29)30)7-5-8-28(35)33-17-14-20-9-11-23(32)19-26(20)33/h9,11,19,21-22,24-25,27,29,34H,3-8,10,12-18H2,1-2H3. The van der Waals surface area contributed by atoms with Crippen molar-refractivity contribution < 1.29 is 9.90 Å². The third-order valence-electron chi connectivity index (χ3n) is 12.0. The molecule has 0 bridgehead atoms. The van der Waals surface area contributed by atoms with Crippen molar-refractivity contribution in [1.82, 2.24) is 0 Å². The minimum atomic E-state index is -0.0873. The summed E-state index contributed by atoms with van der Waals surface area (Å²) in [5.41, 5.74) is 3.23. The average molecular weight is 543 g/mol. The Hall–Kier alpha value is -0.870. The van der Waals surface area contributed by atoms with Crippen molar-refractivity contribution in [2.45, 2.75) is 103 Å². The molecule has 4 aliphatic carbocycles. The molecule has 0 aromatic heterocycles. The van der Waals surface area contributed by atoms with Crippen LogP contribution in [0.3, 0.4) is 0 Å². The molecule has 8 unspecified atom stereocenters. The lowest BCUT2D eigenvalue weighted by molar-refractivity contribution is -0.162. The van der Waals surface area contributed by atoms with Crippen molar-refractivity contribution in [2.75, 3.05) is 11.4 Å². The van der Waals surface area contributed by atoms with Crippen LogP contribution in [0.25, 0.3) is 0 Å². The lowest BCUT2D eigenvalue weighted by atomic mass is 9.44. The molecule has 35 heavy (non-hydrogen) atoms. The first-order valence-corrected chi connectivity index (χ1v) is 15.4. The highest BCUT2D eigenvalue weighted by molar-refractivity contribution is 9.10. The van der Waals surface area contributed by atoms with E-state index in [0.29, 0.717) is 40.9 Å². The van der Waals surface area contributed by atoms with Gasteiger partial charge in [-0.2, -0.15) is 0 Å². The predicted molar refractivity (Wildman–Crippen MR) is 145 cm³/mol. The molecule has 4 fully saturated rings. The molecule has 0 saturated heterocycles. The van der Waals surface area contributed by atoms with Crippen molar-refractivity contribution in [3.05, 3.63) is 28.2 Å². The Bertz CT molecular complexity index is 979. The number of fused-ring (bicyclic) bond motifs is 6. The van der Waals surface area contributed by atoms with Gasteiger partial charge in [0.1, 0.15) is 0 Å². The number of carbonyl (C=O) groups excluding carboxylic acids is 1. The van der Waals surface area contributed by atoms with Crippen LogP contribution in [-0.4, -0.2) is 23.7 Å². The Balaban J connectivity index is 1.10. The van der Waals surface area contributed by atoms with Crippen LogP contribution < -0.4 is 4.90 Å². The molecule has 4 saturated carbocycles. The molecule has 6 rings (SSSR count). The van der Waals surface area contributed by atoms with Gasteiger partial charge in [0.05, 0.1) is 6.10 Å². The molecule has 4 heteroatoms. The minimum absolute atomic E-state index is 0.0873. The molecule has 3 nitrogen and oxygen atoms in total. The number of halogens is 1. The van der Waals surface area contributed by atoms with Crippen LogP contribution in [-0.2, 0) is 11.2 Å². The lowest BCUT2D eigenvalue weighted by Gasteiger charge is -2.62. The predicted octanol–water partition coefficient (Wildman–Crippen LogP) is 7.53. The average Bonchev–Trinajstić information content (AvgIpc) is 3.40. The largest absolute Gasteiger partial charge is 0.393 e. The quantitative estimate of drug-likeness (QED) is 0.427. The highest BCUT2D eigenvalue weighted by atomic mass is 79.9. The molecule has 1 N–H and O–H groups in total. The van der Waals surface area contributed by atoms with E-state index in [2.05, 4.69) is 48.0 Å². The van der Waals surface area contributed by atoms with E-state index in [9.17, 15) is 9.90 Å². The van der Waals surface area contributed by atoms with Gasteiger partial charge in [-0.1, -0.05) is 48.7 Å². The fourth-order valence-corrected chi connectivity index (χ4v) is 10.4. The summed E-state index contributed by atoms with van der Waals surface area (Å²) >= 11 is 3.57. The van der Waals surface area contributed by atoms with Gasteiger partial charge in [-0.15, -0.1) is 0 Å². The second-order valence-corrected chi connectivity index (χ2v) is 14.2. The number of amides is 1. The highest BCUT2D eigenvalue weighted by Gasteiger charge is 2.61. The SMILES string of the molecule is CC12CCC3C(C(O)CC4CCCCC43C)C1CCC2CCCC(=O)N1CCc2ccc(Br)cc21. The van der Waals surface area contributed by atoms with Gasteiger partial charge in [0, 0.05) is 23.1 Å². The Kier molecular flexibility index (Phi) is 6.40. The molecule has 1 amide bonds. The number of hydrogen-bond acceptors (Lipinski definition) is 2.